The van der Waals surface area contributed by atoms with Crippen molar-refractivity contribution < 1.29 is 9.53 Å². The van der Waals surface area contributed by atoms with Gasteiger partial charge >= 0.3 is 5.97 Å². The van der Waals surface area contributed by atoms with Gasteiger partial charge < -0.3 is 9.72 Å². The van der Waals surface area contributed by atoms with Crippen LogP contribution in [0.2, 0.25) is 0 Å². The Bertz CT molecular complexity index is 640. The van der Waals surface area contributed by atoms with Gasteiger partial charge in [-0.3, -0.25) is 0 Å². The summed E-state index contributed by atoms with van der Waals surface area (Å²) in [5, 5.41) is 1.01. The Labute approximate surface area is 113 Å². The molecule has 0 radical (unpaired) electrons. The number of rotatable bonds is 2. The lowest BCUT2D eigenvalue weighted by Gasteiger charge is -2.15. The third kappa shape index (κ3) is 2.03. The second-order valence-electron chi connectivity index (χ2n) is 5.22. The molecule has 0 spiro atoms. The number of esters is 1. The molecule has 19 heavy (non-hydrogen) atoms. The molecular formula is C16H19NO2. The van der Waals surface area contributed by atoms with Crippen molar-refractivity contribution in [3.8, 4) is 0 Å². The van der Waals surface area contributed by atoms with Gasteiger partial charge in [0.2, 0.25) is 0 Å². The molecule has 3 nitrogen and oxygen atoms in total. The van der Waals surface area contributed by atoms with Crippen LogP contribution in [0, 0.1) is 6.92 Å². The summed E-state index contributed by atoms with van der Waals surface area (Å²) in [7, 11) is 0. The van der Waals surface area contributed by atoms with Crippen LogP contribution in [-0.2, 0) is 17.6 Å². The number of ether oxygens (including phenoxy) is 1. The van der Waals surface area contributed by atoms with Gasteiger partial charge in [-0.2, -0.15) is 0 Å². The minimum atomic E-state index is -0.220. The lowest BCUT2D eigenvalue weighted by molar-refractivity contribution is 0.0528. The molecule has 0 saturated carbocycles. The minimum Gasteiger partial charge on any atom is -0.462 e. The van der Waals surface area contributed by atoms with Gasteiger partial charge in [0.25, 0.3) is 0 Å². The molecule has 1 heterocycles. The fraction of sp³-hybridized carbons (Fsp3) is 0.438. The minimum absolute atomic E-state index is 0.220. The van der Waals surface area contributed by atoms with E-state index in [4.69, 9.17) is 4.74 Å². The van der Waals surface area contributed by atoms with Crippen LogP contribution in [0.5, 0.6) is 0 Å². The Balaban J connectivity index is 2.17. The smallest absolute Gasteiger partial charge is 0.340 e. The second kappa shape index (κ2) is 4.72. The van der Waals surface area contributed by atoms with E-state index in [-0.39, 0.29) is 5.97 Å². The normalized spacial score (nSPS) is 14.4. The van der Waals surface area contributed by atoms with Gasteiger partial charge in [-0.05, 0) is 62.8 Å². The van der Waals surface area contributed by atoms with Crippen LogP contribution in [0.3, 0.4) is 0 Å². The number of aromatic nitrogens is 1. The molecule has 1 N–H and O–H groups in total. The second-order valence-corrected chi connectivity index (χ2v) is 5.22. The standard InChI is InChI=1S/C16H19NO2/c1-3-19-16(18)15-10(2)17-14-9-12-7-5-4-6-11(12)8-13(14)15/h8-9,17H,3-7H2,1-2H3. The number of aryl methyl sites for hydroxylation is 3. The van der Waals surface area contributed by atoms with Crippen LogP contribution in [0.15, 0.2) is 12.1 Å². The van der Waals surface area contributed by atoms with Crippen LogP contribution in [0.25, 0.3) is 10.9 Å². The van der Waals surface area contributed by atoms with Crippen molar-refractivity contribution in [2.24, 2.45) is 0 Å². The van der Waals surface area contributed by atoms with Gasteiger partial charge in [-0.15, -0.1) is 0 Å². The Hall–Kier alpha value is -1.77. The van der Waals surface area contributed by atoms with Gasteiger partial charge in [0.15, 0.2) is 0 Å². The molecule has 1 aliphatic carbocycles. The lowest BCUT2D eigenvalue weighted by atomic mass is 9.90. The van der Waals surface area contributed by atoms with E-state index < -0.39 is 0 Å². The molecule has 2 aromatic rings. The highest BCUT2D eigenvalue weighted by atomic mass is 16.5. The van der Waals surface area contributed by atoms with Crippen molar-refractivity contribution in [3.05, 3.63) is 34.5 Å². The average molecular weight is 257 g/mol. The first kappa shape index (κ1) is 12.3. The van der Waals surface area contributed by atoms with Gasteiger partial charge in [0.05, 0.1) is 12.2 Å². The van der Waals surface area contributed by atoms with Gasteiger partial charge in [0, 0.05) is 16.6 Å². The van der Waals surface area contributed by atoms with Crippen LogP contribution in [0.1, 0.15) is 46.9 Å². The summed E-state index contributed by atoms with van der Waals surface area (Å²) < 4.78 is 5.16. The zero-order valence-electron chi connectivity index (χ0n) is 11.5. The van der Waals surface area contributed by atoms with Crippen LogP contribution >= 0.6 is 0 Å². The van der Waals surface area contributed by atoms with Crippen molar-refractivity contribution in [2.75, 3.05) is 6.61 Å². The summed E-state index contributed by atoms with van der Waals surface area (Å²) in [4.78, 5) is 15.4. The molecule has 1 aromatic heterocycles. The molecule has 1 aromatic carbocycles. The highest BCUT2D eigenvalue weighted by Gasteiger charge is 2.19. The van der Waals surface area contributed by atoms with Gasteiger partial charge in [-0.25, -0.2) is 4.79 Å². The zero-order valence-corrected chi connectivity index (χ0v) is 11.5. The van der Waals surface area contributed by atoms with E-state index in [0.717, 1.165) is 29.4 Å². The molecule has 1 aliphatic rings. The summed E-state index contributed by atoms with van der Waals surface area (Å²) in [5.41, 5.74) is 5.47. The van der Waals surface area contributed by atoms with E-state index in [1.807, 2.05) is 13.8 Å². The molecular weight excluding hydrogens is 238 g/mol. The monoisotopic (exact) mass is 257 g/mol. The maximum atomic E-state index is 12.1. The third-order valence-corrected chi connectivity index (χ3v) is 3.93. The number of carbonyl (C=O) groups is 1. The van der Waals surface area contributed by atoms with Crippen molar-refractivity contribution >= 4 is 16.9 Å². The van der Waals surface area contributed by atoms with Gasteiger partial charge in [0.1, 0.15) is 0 Å². The topological polar surface area (TPSA) is 42.1 Å². The lowest BCUT2D eigenvalue weighted by Crippen LogP contribution is -2.06. The Morgan fingerprint density at radius 3 is 2.63 bits per heavy atom. The predicted octanol–water partition coefficient (Wildman–Crippen LogP) is 3.53. The predicted molar refractivity (Wildman–Crippen MR) is 75.6 cm³/mol. The number of hydrogen-bond donors (Lipinski definition) is 1. The van der Waals surface area contributed by atoms with Crippen LogP contribution in [0.4, 0.5) is 0 Å². The summed E-state index contributed by atoms with van der Waals surface area (Å²) in [5.74, 6) is -0.220. The first-order valence-electron chi connectivity index (χ1n) is 7.02. The van der Waals surface area contributed by atoms with Crippen molar-refractivity contribution in [1.82, 2.24) is 4.98 Å². The maximum Gasteiger partial charge on any atom is 0.340 e. The molecule has 0 aliphatic heterocycles. The number of H-pyrrole nitrogens is 1. The summed E-state index contributed by atoms with van der Waals surface area (Å²) >= 11 is 0. The molecule has 3 heteroatoms. The van der Waals surface area contributed by atoms with Gasteiger partial charge in [-0.1, -0.05) is 0 Å². The Morgan fingerprint density at radius 2 is 1.95 bits per heavy atom. The summed E-state index contributed by atoms with van der Waals surface area (Å²) in [6, 6.07) is 4.39. The highest BCUT2D eigenvalue weighted by Crippen LogP contribution is 2.30. The Kier molecular flexibility index (Phi) is 3.05. The highest BCUT2D eigenvalue weighted by molar-refractivity contribution is 6.06. The number of nitrogens with one attached hydrogen (secondary N) is 1. The molecule has 3 rings (SSSR count). The maximum absolute atomic E-state index is 12.1. The number of fused-ring (bicyclic) bond motifs is 2. The van der Waals surface area contributed by atoms with E-state index >= 15 is 0 Å². The zero-order chi connectivity index (χ0) is 13.4. The van der Waals surface area contributed by atoms with Crippen molar-refractivity contribution in [1.29, 1.82) is 0 Å². The largest absolute Gasteiger partial charge is 0.462 e. The summed E-state index contributed by atoms with van der Waals surface area (Å²) in [6.45, 7) is 4.19. The SMILES string of the molecule is CCOC(=O)c1c(C)[nH]c2cc3c(cc12)CCCC3. The first-order chi connectivity index (χ1) is 9.20. The summed E-state index contributed by atoms with van der Waals surface area (Å²) in [6.07, 6.45) is 4.79. The fourth-order valence-corrected chi connectivity index (χ4v) is 3.03. The molecule has 0 amide bonds. The van der Waals surface area contributed by atoms with Crippen molar-refractivity contribution in [2.45, 2.75) is 39.5 Å². The number of carbonyl (C=O) groups excluding carboxylic acids is 1. The van der Waals surface area contributed by atoms with E-state index in [9.17, 15) is 4.79 Å². The molecule has 0 saturated heterocycles. The third-order valence-electron chi connectivity index (χ3n) is 3.93. The average Bonchev–Trinajstić information content (AvgIpc) is 2.71. The first-order valence-corrected chi connectivity index (χ1v) is 7.02. The number of aromatic amines is 1. The molecule has 0 atom stereocenters. The number of hydrogen-bond acceptors (Lipinski definition) is 2. The van der Waals surface area contributed by atoms with E-state index in [1.54, 1.807) is 0 Å². The van der Waals surface area contributed by atoms with E-state index in [2.05, 4.69) is 17.1 Å². The fourth-order valence-electron chi connectivity index (χ4n) is 3.03. The van der Waals surface area contributed by atoms with Crippen LogP contribution < -0.4 is 0 Å². The molecule has 0 unspecified atom stereocenters. The quantitative estimate of drug-likeness (QED) is 0.836. The van der Waals surface area contributed by atoms with E-state index in [1.165, 1.54) is 24.0 Å². The van der Waals surface area contributed by atoms with Crippen LogP contribution in [-0.4, -0.2) is 17.6 Å². The van der Waals surface area contributed by atoms with Crippen molar-refractivity contribution in [3.63, 3.8) is 0 Å². The Morgan fingerprint density at radius 1 is 1.26 bits per heavy atom. The number of benzene rings is 1. The molecule has 0 fully saturated rings. The molecule has 100 valence electrons. The molecule has 0 bridgehead atoms. The van der Waals surface area contributed by atoms with E-state index in [0.29, 0.717) is 12.2 Å².